The molecule has 0 saturated heterocycles. The average Bonchev–Trinajstić information content (AvgIpc) is 2.84. The van der Waals surface area contributed by atoms with E-state index in [-0.39, 0.29) is 45.2 Å². The third-order valence-corrected chi connectivity index (χ3v) is 7.15. The van der Waals surface area contributed by atoms with Crippen molar-refractivity contribution in [3.8, 4) is 17.2 Å². The van der Waals surface area contributed by atoms with Crippen molar-refractivity contribution in [2.45, 2.75) is 17.2 Å². The number of diazo groups is 1. The van der Waals surface area contributed by atoms with Crippen molar-refractivity contribution in [1.29, 1.82) is 5.39 Å². The number of aromatic hydroxyl groups is 3. The van der Waals surface area contributed by atoms with Gasteiger partial charge in [0.1, 0.15) is 16.4 Å². The first-order valence-corrected chi connectivity index (χ1v) is 11.6. The molecule has 0 heterocycles. The van der Waals surface area contributed by atoms with Crippen LogP contribution >= 0.6 is 0 Å². The molecule has 4 aromatic carbocycles. The molecule has 0 bridgehead atoms. The lowest BCUT2D eigenvalue weighted by atomic mass is 9.77. The van der Waals surface area contributed by atoms with E-state index in [0.717, 1.165) is 6.07 Å². The molecule has 0 aromatic heterocycles. The van der Waals surface area contributed by atoms with Crippen molar-refractivity contribution in [2.24, 2.45) is 0 Å². The lowest BCUT2D eigenvalue weighted by Gasteiger charge is -2.30. The Hall–Kier alpha value is -4.13. The maximum atomic E-state index is 13.3. The number of phenolic OH excluding ortho intramolecular Hbond substituents is 3. The van der Waals surface area contributed by atoms with Gasteiger partial charge >= 0.3 is 5.69 Å². The van der Waals surface area contributed by atoms with E-state index in [9.17, 15) is 29.1 Å². The number of fused-ring (bicyclic) bond motifs is 1. The highest BCUT2D eigenvalue weighted by molar-refractivity contribution is 7.87. The maximum absolute atomic E-state index is 13.3. The van der Waals surface area contributed by atoms with E-state index < -0.39 is 15.5 Å². The first-order valence-electron chi connectivity index (χ1n) is 10.2. The molecule has 9 heteroatoms. The van der Waals surface area contributed by atoms with E-state index in [0.29, 0.717) is 11.1 Å². The summed E-state index contributed by atoms with van der Waals surface area (Å²) in [6.45, 7) is 1.47. The maximum Gasteiger partial charge on any atom is 0.428 e. The Morgan fingerprint density at radius 3 is 1.85 bits per heavy atom. The third kappa shape index (κ3) is 4.12. The summed E-state index contributed by atoms with van der Waals surface area (Å²) in [5.74, 6) is -0.238. The molecule has 4 rings (SSSR count). The first kappa shape index (κ1) is 23.0. The number of nitrogens with zero attached hydrogens (tertiary/aromatic N) is 2. The van der Waals surface area contributed by atoms with Gasteiger partial charge < -0.3 is 15.3 Å². The predicted octanol–water partition coefficient (Wildman–Crippen LogP) is 5.15. The fourth-order valence-electron chi connectivity index (χ4n) is 3.85. The molecular weight excluding hydrogens is 456 g/mol. The van der Waals surface area contributed by atoms with Crippen molar-refractivity contribution in [2.75, 3.05) is 6.61 Å². The van der Waals surface area contributed by atoms with Crippen molar-refractivity contribution in [3.63, 3.8) is 0 Å². The zero-order valence-corrected chi connectivity index (χ0v) is 18.9. The van der Waals surface area contributed by atoms with Crippen molar-refractivity contribution in [1.82, 2.24) is 0 Å². The van der Waals surface area contributed by atoms with E-state index in [2.05, 4.69) is 4.98 Å². The third-order valence-electron chi connectivity index (χ3n) is 5.85. The van der Waals surface area contributed by atoms with Gasteiger partial charge in [-0.3, -0.25) is 4.18 Å². The summed E-state index contributed by atoms with van der Waals surface area (Å²) < 4.78 is 32.2. The fourth-order valence-corrected chi connectivity index (χ4v) is 5.07. The van der Waals surface area contributed by atoms with Crippen LogP contribution in [-0.2, 0) is 19.7 Å². The first-order chi connectivity index (χ1) is 16.2. The minimum absolute atomic E-state index is 0.0567. The molecule has 0 saturated carbocycles. The molecule has 0 unspecified atom stereocenters. The normalized spacial score (nSPS) is 11.9. The minimum Gasteiger partial charge on any atom is -0.508 e. The Bertz CT molecular complexity index is 1460. The van der Waals surface area contributed by atoms with Crippen LogP contribution in [0.25, 0.3) is 15.7 Å². The van der Waals surface area contributed by atoms with Gasteiger partial charge in [-0.05, 0) is 42.3 Å². The minimum atomic E-state index is -4.38. The topological polar surface area (TPSA) is 132 Å². The SMILES string of the molecule is CC(COS(=O)(=O)c1cc([N+]#N)c(O)c2ccccc12)(c1ccc(O)cc1)c1ccc(O)cc1. The van der Waals surface area contributed by atoms with Crippen LogP contribution in [-0.4, -0.2) is 30.3 Å². The van der Waals surface area contributed by atoms with Crippen molar-refractivity contribution < 1.29 is 27.9 Å². The van der Waals surface area contributed by atoms with Gasteiger partial charge in [-0.1, -0.05) is 48.5 Å². The summed E-state index contributed by atoms with van der Waals surface area (Å²) >= 11 is 0. The van der Waals surface area contributed by atoms with Crippen LogP contribution in [0.5, 0.6) is 17.2 Å². The number of phenols is 3. The van der Waals surface area contributed by atoms with Gasteiger partial charge in [-0.25, -0.2) is 0 Å². The monoisotopic (exact) mass is 477 g/mol. The standard InChI is InChI=1S/C25H20N2O6S/c1-25(16-6-10-18(28)11-7-16,17-8-12-19(29)13-9-17)15-33-34(31,32)23-14-22(27-26)24(30)21-5-3-2-4-20(21)23/h2-14H,15H2,1H3,(H2-,28,29,30)/p+1. The number of benzene rings is 4. The second kappa shape index (κ2) is 8.67. The number of hydrogen-bond acceptors (Lipinski definition) is 7. The Morgan fingerprint density at radius 1 is 0.853 bits per heavy atom. The molecule has 172 valence electrons. The quantitative estimate of drug-likeness (QED) is 0.258. The molecule has 0 fully saturated rings. The molecule has 0 spiro atoms. The second-order valence-electron chi connectivity index (χ2n) is 8.03. The molecule has 0 aliphatic carbocycles. The molecule has 0 amide bonds. The summed E-state index contributed by atoms with van der Waals surface area (Å²) in [6.07, 6.45) is 0. The summed E-state index contributed by atoms with van der Waals surface area (Å²) in [6, 6.07) is 19.9. The zero-order valence-electron chi connectivity index (χ0n) is 18.1. The lowest BCUT2D eigenvalue weighted by Crippen LogP contribution is -2.31. The zero-order chi connectivity index (χ0) is 24.5. The van der Waals surface area contributed by atoms with Crippen LogP contribution in [0.15, 0.2) is 83.8 Å². The molecule has 3 N–H and O–H groups in total. The summed E-state index contributed by atoms with van der Waals surface area (Å²) in [5.41, 5.74) is 0.0621. The van der Waals surface area contributed by atoms with Gasteiger partial charge in [-0.15, -0.1) is 0 Å². The molecule has 8 nitrogen and oxygen atoms in total. The van der Waals surface area contributed by atoms with Gasteiger partial charge in [0.05, 0.1) is 12.7 Å². The lowest BCUT2D eigenvalue weighted by molar-refractivity contribution is 0.258. The molecule has 0 radical (unpaired) electrons. The van der Waals surface area contributed by atoms with E-state index in [1.165, 1.54) is 36.4 Å². The molecule has 0 aliphatic heterocycles. The molecule has 0 aliphatic rings. The predicted molar refractivity (Wildman–Crippen MR) is 126 cm³/mol. The van der Waals surface area contributed by atoms with Crippen LogP contribution in [0, 0.1) is 5.39 Å². The smallest absolute Gasteiger partial charge is 0.428 e. The fraction of sp³-hybridized carbons (Fsp3) is 0.120. The summed E-state index contributed by atoms with van der Waals surface area (Å²) in [7, 11) is -4.38. The Kier molecular flexibility index (Phi) is 5.87. The van der Waals surface area contributed by atoms with Crippen LogP contribution < -0.4 is 0 Å². The highest BCUT2D eigenvalue weighted by Gasteiger charge is 2.34. The van der Waals surface area contributed by atoms with Crippen molar-refractivity contribution >= 4 is 26.6 Å². The van der Waals surface area contributed by atoms with E-state index in [1.807, 2.05) is 0 Å². The molecular formula is C25H21N2O6S+. The van der Waals surface area contributed by atoms with E-state index >= 15 is 0 Å². The highest BCUT2D eigenvalue weighted by atomic mass is 32.2. The Balaban J connectivity index is 1.79. The van der Waals surface area contributed by atoms with Gasteiger partial charge in [0.2, 0.25) is 11.1 Å². The molecule has 0 atom stereocenters. The van der Waals surface area contributed by atoms with Crippen LogP contribution in [0.4, 0.5) is 5.69 Å². The van der Waals surface area contributed by atoms with Crippen molar-refractivity contribution in [3.05, 3.63) is 95.0 Å². The largest absolute Gasteiger partial charge is 0.508 e. The highest BCUT2D eigenvalue weighted by Crippen LogP contribution is 2.40. The summed E-state index contributed by atoms with van der Waals surface area (Å²) in [4.78, 5) is 2.74. The average molecular weight is 478 g/mol. The van der Waals surface area contributed by atoms with Gasteiger partial charge in [0, 0.05) is 16.2 Å². The summed E-state index contributed by atoms with van der Waals surface area (Å²) in [5, 5.41) is 39.4. The van der Waals surface area contributed by atoms with E-state index in [1.54, 1.807) is 43.3 Å². The number of rotatable bonds is 6. The Morgan fingerprint density at radius 2 is 1.35 bits per heavy atom. The Labute approximate surface area is 196 Å². The van der Waals surface area contributed by atoms with E-state index in [4.69, 9.17) is 4.18 Å². The number of hydrogen-bond donors (Lipinski definition) is 3. The second-order valence-corrected chi connectivity index (χ2v) is 9.61. The van der Waals surface area contributed by atoms with Crippen LogP contribution in [0.2, 0.25) is 0 Å². The molecule has 4 aromatic rings. The van der Waals surface area contributed by atoms with Gasteiger partial charge in [-0.2, -0.15) is 8.42 Å². The van der Waals surface area contributed by atoms with Gasteiger partial charge in [0.25, 0.3) is 10.1 Å². The van der Waals surface area contributed by atoms with Crippen LogP contribution in [0.1, 0.15) is 18.1 Å². The molecule has 34 heavy (non-hydrogen) atoms. The van der Waals surface area contributed by atoms with Crippen LogP contribution in [0.3, 0.4) is 0 Å². The van der Waals surface area contributed by atoms with Gasteiger partial charge in [0.15, 0.2) is 4.98 Å².